The van der Waals surface area contributed by atoms with Gasteiger partial charge in [-0.1, -0.05) is 18.2 Å². The lowest BCUT2D eigenvalue weighted by Crippen LogP contribution is -2.07. The van der Waals surface area contributed by atoms with Crippen LogP contribution in [0.4, 0.5) is 30.2 Å². The molecule has 0 bridgehead atoms. The summed E-state index contributed by atoms with van der Waals surface area (Å²) in [5.74, 6) is 0. The second kappa shape index (κ2) is 7.51. The first-order chi connectivity index (χ1) is 15.5. The van der Waals surface area contributed by atoms with Gasteiger partial charge in [-0.3, -0.25) is 30.3 Å². The van der Waals surface area contributed by atoms with Crippen molar-refractivity contribution in [2.45, 2.75) is 6.18 Å². The predicted molar refractivity (Wildman–Crippen MR) is 110 cm³/mol. The molecule has 33 heavy (non-hydrogen) atoms. The minimum absolute atomic E-state index is 0.0350. The lowest BCUT2D eigenvalue weighted by atomic mass is 9.97. The molecule has 0 fully saturated rings. The summed E-state index contributed by atoms with van der Waals surface area (Å²) in [7, 11) is 0. The number of hydrogen-bond donors (Lipinski definition) is 0. The molecule has 12 heteroatoms. The van der Waals surface area contributed by atoms with Crippen molar-refractivity contribution in [1.29, 1.82) is 0 Å². The van der Waals surface area contributed by atoms with Crippen molar-refractivity contribution >= 4 is 28.7 Å². The van der Waals surface area contributed by atoms with Crippen LogP contribution in [0.25, 0.3) is 22.8 Å². The zero-order chi connectivity index (χ0) is 24.1. The quantitative estimate of drug-likeness (QED) is 0.273. The van der Waals surface area contributed by atoms with Crippen molar-refractivity contribution in [3.63, 3.8) is 0 Å². The molecule has 0 atom stereocenters. The summed E-state index contributed by atoms with van der Waals surface area (Å²) in [6, 6.07) is 9.70. The minimum Gasteiger partial charge on any atom is -0.258 e. The van der Waals surface area contributed by atoms with Gasteiger partial charge in [0.15, 0.2) is 0 Å². The van der Waals surface area contributed by atoms with Gasteiger partial charge >= 0.3 is 6.18 Å². The van der Waals surface area contributed by atoms with Crippen LogP contribution < -0.4 is 0 Å². The highest BCUT2D eigenvalue weighted by molar-refractivity contribution is 6.10. The topological polar surface area (TPSA) is 129 Å². The lowest BCUT2D eigenvalue weighted by molar-refractivity contribution is -0.393. The molecular weight excluding hydrogens is 447 g/mol. The lowest BCUT2D eigenvalue weighted by Gasteiger charge is -2.11. The molecule has 0 N–H and O–H groups in total. The molecule has 0 unspecified atom stereocenters. The molecule has 0 saturated heterocycles. The van der Waals surface area contributed by atoms with Crippen LogP contribution in [-0.4, -0.2) is 14.8 Å². The molecule has 0 heterocycles. The van der Waals surface area contributed by atoms with Gasteiger partial charge in [0.05, 0.1) is 32.0 Å². The van der Waals surface area contributed by atoms with Crippen LogP contribution in [0.3, 0.4) is 0 Å². The number of non-ortho nitro benzene ring substituents is 2. The summed E-state index contributed by atoms with van der Waals surface area (Å²) in [5, 5.41) is 34.3. The van der Waals surface area contributed by atoms with Crippen molar-refractivity contribution < 1.29 is 27.9 Å². The molecule has 3 aromatic carbocycles. The fourth-order valence-electron chi connectivity index (χ4n) is 3.78. The molecule has 1 aliphatic carbocycles. The van der Waals surface area contributed by atoms with E-state index in [0.717, 1.165) is 42.5 Å². The highest BCUT2D eigenvalue weighted by Gasteiger charge is 2.36. The number of halogens is 3. The van der Waals surface area contributed by atoms with Crippen LogP contribution in [-0.2, 0) is 6.18 Å². The molecule has 3 aromatic rings. The summed E-state index contributed by atoms with van der Waals surface area (Å²) in [6.45, 7) is 0. The van der Waals surface area contributed by atoms with Gasteiger partial charge in [-0.15, -0.1) is 0 Å². The number of benzene rings is 3. The second-order valence-electron chi connectivity index (χ2n) is 7.03. The van der Waals surface area contributed by atoms with Gasteiger partial charge in [0.25, 0.3) is 17.1 Å². The summed E-state index contributed by atoms with van der Waals surface area (Å²) in [5.41, 5.74) is -2.94. The van der Waals surface area contributed by atoms with Crippen molar-refractivity contribution in [2.75, 3.05) is 0 Å². The zero-order valence-corrected chi connectivity index (χ0v) is 16.2. The van der Waals surface area contributed by atoms with Gasteiger partial charge in [-0.2, -0.15) is 13.2 Å². The first-order valence-electron chi connectivity index (χ1n) is 9.13. The van der Waals surface area contributed by atoms with E-state index in [1.54, 1.807) is 0 Å². The number of alkyl halides is 3. The zero-order valence-electron chi connectivity index (χ0n) is 16.2. The molecule has 9 nitrogen and oxygen atoms in total. The molecule has 0 spiro atoms. The Balaban J connectivity index is 2.11. The van der Waals surface area contributed by atoms with Crippen LogP contribution in [0.15, 0.2) is 54.6 Å². The number of rotatable bonds is 4. The molecule has 4 rings (SSSR count). The summed E-state index contributed by atoms with van der Waals surface area (Å²) in [6.07, 6.45) is -3.65. The Morgan fingerprint density at radius 3 is 1.97 bits per heavy atom. The summed E-state index contributed by atoms with van der Waals surface area (Å²) < 4.78 is 40.6. The maximum Gasteiger partial charge on any atom is 0.416 e. The number of nitro groups is 3. The fourth-order valence-corrected chi connectivity index (χ4v) is 3.78. The molecule has 0 amide bonds. The van der Waals surface area contributed by atoms with E-state index < -0.39 is 43.6 Å². The molecule has 0 aliphatic heterocycles. The van der Waals surface area contributed by atoms with Crippen LogP contribution in [0.1, 0.15) is 22.3 Å². The third-order valence-corrected chi connectivity index (χ3v) is 5.14. The first kappa shape index (κ1) is 21.6. The molecule has 1 aliphatic rings. The Bertz CT molecular complexity index is 1400. The molecular formula is C21H10F3N3O6. The highest BCUT2D eigenvalue weighted by Crippen LogP contribution is 2.51. The van der Waals surface area contributed by atoms with E-state index in [1.165, 1.54) is 18.2 Å². The van der Waals surface area contributed by atoms with Crippen molar-refractivity contribution in [2.24, 2.45) is 0 Å². The predicted octanol–water partition coefficient (Wildman–Crippen LogP) is 6.00. The summed E-state index contributed by atoms with van der Waals surface area (Å²) >= 11 is 0. The number of hydrogen-bond acceptors (Lipinski definition) is 6. The third kappa shape index (κ3) is 3.67. The van der Waals surface area contributed by atoms with E-state index >= 15 is 0 Å². The molecule has 166 valence electrons. The van der Waals surface area contributed by atoms with E-state index in [0.29, 0.717) is 0 Å². The van der Waals surface area contributed by atoms with Gasteiger partial charge in [0.1, 0.15) is 0 Å². The number of nitro benzene ring substituents is 3. The second-order valence-corrected chi connectivity index (χ2v) is 7.03. The van der Waals surface area contributed by atoms with Gasteiger partial charge < -0.3 is 0 Å². The van der Waals surface area contributed by atoms with E-state index in [1.807, 2.05) is 0 Å². The molecule has 0 aromatic heterocycles. The van der Waals surface area contributed by atoms with Gasteiger partial charge in [-0.25, -0.2) is 0 Å². The highest BCUT2D eigenvalue weighted by atomic mass is 19.4. The number of nitrogens with zero attached hydrogens (tertiary/aromatic N) is 3. The molecule has 0 radical (unpaired) electrons. The van der Waals surface area contributed by atoms with E-state index in [4.69, 9.17) is 0 Å². The van der Waals surface area contributed by atoms with E-state index in [2.05, 4.69) is 0 Å². The van der Waals surface area contributed by atoms with Crippen molar-refractivity contribution in [1.82, 2.24) is 0 Å². The fraction of sp³-hybridized carbons (Fsp3) is 0.0476. The smallest absolute Gasteiger partial charge is 0.258 e. The Hall–Kier alpha value is -4.61. The molecule has 0 saturated carbocycles. The van der Waals surface area contributed by atoms with Gasteiger partial charge in [-0.05, 0) is 40.5 Å². The standard InChI is InChI=1S/C21H10F3N3O6/c22-21(23,24)18-4-2-1-3-11(18)7-15-16-8-12(25(28)29)5-6-14(16)20-17(15)9-13(26(30)31)10-19(20)27(32)33/h1-10H. The summed E-state index contributed by atoms with van der Waals surface area (Å²) in [4.78, 5) is 31.9. The first-order valence-corrected chi connectivity index (χ1v) is 9.13. The monoisotopic (exact) mass is 457 g/mol. The Kier molecular flexibility index (Phi) is 4.92. The maximum absolute atomic E-state index is 13.5. The van der Waals surface area contributed by atoms with E-state index in [-0.39, 0.29) is 33.4 Å². The Labute approximate surface area is 181 Å². The van der Waals surface area contributed by atoms with Crippen LogP contribution in [0, 0.1) is 30.3 Å². The van der Waals surface area contributed by atoms with E-state index in [9.17, 15) is 43.5 Å². The average Bonchev–Trinajstić information content (AvgIpc) is 3.05. The van der Waals surface area contributed by atoms with Gasteiger partial charge in [0.2, 0.25) is 0 Å². The normalized spacial score (nSPS) is 13.5. The largest absolute Gasteiger partial charge is 0.416 e. The van der Waals surface area contributed by atoms with Crippen LogP contribution in [0.2, 0.25) is 0 Å². The average molecular weight is 457 g/mol. The van der Waals surface area contributed by atoms with Crippen molar-refractivity contribution in [3.05, 3.63) is 107 Å². The minimum atomic E-state index is -4.73. The van der Waals surface area contributed by atoms with Crippen LogP contribution >= 0.6 is 0 Å². The van der Waals surface area contributed by atoms with Crippen molar-refractivity contribution in [3.8, 4) is 11.1 Å². The maximum atomic E-state index is 13.5. The SMILES string of the molecule is O=[N+]([O-])c1ccc2c(c1)C(=Cc1ccccc1C(F)(F)F)c1cc([N+](=O)[O-])cc([N+](=O)[O-])c1-2. The van der Waals surface area contributed by atoms with Gasteiger partial charge in [0, 0.05) is 23.8 Å². The Morgan fingerprint density at radius 1 is 0.727 bits per heavy atom. The number of fused-ring (bicyclic) bond motifs is 3. The third-order valence-electron chi connectivity index (χ3n) is 5.14. The van der Waals surface area contributed by atoms with Crippen LogP contribution in [0.5, 0.6) is 0 Å². The Morgan fingerprint density at radius 2 is 1.36 bits per heavy atom.